The van der Waals surface area contributed by atoms with E-state index in [2.05, 4.69) is 0 Å². The fraction of sp³-hybridized carbons (Fsp3) is 0.867. The Morgan fingerprint density at radius 2 is 2.00 bits per heavy atom. The zero-order valence-electron chi connectivity index (χ0n) is 12.2. The highest BCUT2D eigenvalue weighted by Gasteiger charge is 2.35. The molecule has 1 saturated carbocycles. The van der Waals surface area contributed by atoms with E-state index in [1.165, 1.54) is 0 Å². The molecule has 1 heterocycles. The number of rotatable bonds is 5. The molecule has 0 bridgehead atoms. The van der Waals surface area contributed by atoms with E-state index in [-0.39, 0.29) is 17.7 Å². The van der Waals surface area contributed by atoms with Gasteiger partial charge in [0.1, 0.15) is 0 Å². The van der Waals surface area contributed by atoms with E-state index in [1.807, 2.05) is 11.8 Å². The predicted molar refractivity (Wildman–Crippen MR) is 74.3 cm³/mol. The van der Waals surface area contributed by atoms with Crippen LogP contribution in [-0.2, 0) is 14.3 Å². The van der Waals surface area contributed by atoms with Crippen LogP contribution in [0.25, 0.3) is 0 Å². The van der Waals surface area contributed by atoms with Crippen LogP contribution in [0.2, 0.25) is 0 Å². The Balaban J connectivity index is 1.83. The third-order valence-electron chi connectivity index (χ3n) is 4.53. The lowest BCUT2D eigenvalue weighted by Gasteiger charge is -2.29. The van der Waals surface area contributed by atoms with Gasteiger partial charge in [0.05, 0.1) is 12.5 Å². The first kappa shape index (κ1) is 15.3. The van der Waals surface area contributed by atoms with Crippen LogP contribution in [0.3, 0.4) is 0 Å². The molecule has 3 atom stereocenters. The number of carbonyl (C=O) groups excluding carboxylic acids is 1. The monoisotopic (exact) mass is 283 g/mol. The number of hydrogen-bond acceptors (Lipinski definition) is 3. The lowest BCUT2D eigenvalue weighted by molar-refractivity contribution is -0.145. The second-order valence-electron chi connectivity index (χ2n) is 6.00. The number of carbonyl (C=O) groups is 2. The Hall–Kier alpha value is -1.10. The second-order valence-corrected chi connectivity index (χ2v) is 6.00. The van der Waals surface area contributed by atoms with Gasteiger partial charge in [-0.2, -0.15) is 0 Å². The Morgan fingerprint density at radius 1 is 1.25 bits per heavy atom. The van der Waals surface area contributed by atoms with Crippen LogP contribution in [0.4, 0.5) is 0 Å². The van der Waals surface area contributed by atoms with Gasteiger partial charge in [-0.15, -0.1) is 0 Å². The quantitative estimate of drug-likeness (QED) is 0.835. The van der Waals surface area contributed by atoms with Crippen molar-refractivity contribution in [2.24, 2.45) is 17.8 Å². The molecule has 1 amide bonds. The van der Waals surface area contributed by atoms with Gasteiger partial charge in [0.25, 0.3) is 0 Å². The van der Waals surface area contributed by atoms with Crippen LogP contribution < -0.4 is 0 Å². The molecular weight excluding hydrogens is 258 g/mol. The molecule has 3 unspecified atom stereocenters. The smallest absolute Gasteiger partial charge is 0.306 e. The third-order valence-corrected chi connectivity index (χ3v) is 4.53. The molecule has 5 nitrogen and oxygen atoms in total. The van der Waals surface area contributed by atoms with Gasteiger partial charge in [-0.25, -0.2) is 0 Å². The first-order valence-corrected chi connectivity index (χ1v) is 7.71. The maximum atomic E-state index is 12.5. The lowest BCUT2D eigenvalue weighted by atomic mass is 9.81. The summed E-state index contributed by atoms with van der Waals surface area (Å²) in [7, 11) is 0. The Bertz CT molecular complexity index is 358. The van der Waals surface area contributed by atoms with Crippen molar-refractivity contribution in [2.45, 2.75) is 39.0 Å². The summed E-state index contributed by atoms with van der Waals surface area (Å²) >= 11 is 0. The number of aliphatic carboxylic acids is 1. The fourth-order valence-electron chi connectivity index (χ4n) is 3.35. The van der Waals surface area contributed by atoms with Gasteiger partial charge in [0.2, 0.25) is 5.91 Å². The topological polar surface area (TPSA) is 66.8 Å². The largest absolute Gasteiger partial charge is 0.481 e. The molecule has 0 spiro atoms. The molecule has 0 aromatic carbocycles. The van der Waals surface area contributed by atoms with Crippen molar-refractivity contribution in [1.29, 1.82) is 0 Å². The number of likely N-dealkylation sites (tertiary alicyclic amines) is 1. The molecule has 20 heavy (non-hydrogen) atoms. The summed E-state index contributed by atoms with van der Waals surface area (Å²) in [6.07, 6.45) is 3.92. The SMILES string of the molecule is CCOCC1CCN(C(=O)C2CCCC(C(=O)O)C2)C1. The van der Waals surface area contributed by atoms with E-state index in [0.717, 1.165) is 39.0 Å². The highest BCUT2D eigenvalue weighted by atomic mass is 16.5. The number of nitrogens with zero attached hydrogens (tertiary/aromatic N) is 1. The summed E-state index contributed by atoms with van der Waals surface area (Å²) in [5, 5.41) is 9.10. The molecule has 1 aliphatic carbocycles. The van der Waals surface area contributed by atoms with Crippen molar-refractivity contribution in [2.75, 3.05) is 26.3 Å². The molecule has 5 heteroatoms. The normalized spacial score (nSPS) is 30.4. The number of amides is 1. The number of carboxylic acid groups (broad SMARTS) is 1. The first-order valence-electron chi connectivity index (χ1n) is 7.71. The third kappa shape index (κ3) is 3.72. The zero-order valence-corrected chi connectivity index (χ0v) is 12.2. The van der Waals surface area contributed by atoms with Crippen molar-refractivity contribution >= 4 is 11.9 Å². The Labute approximate surface area is 120 Å². The molecule has 1 saturated heterocycles. The molecule has 1 N–H and O–H groups in total. The zero-order chi connectivity index (χ0) is 14.5. The standard InChI is InChI=1S/C15H25NO4/c1-2-20-10-11-6-7-16(9-11)14(17)12-4-3-5-13(8-12)15(18)19/h11-13H,2-10H2,1H3,(H,18,19). The van der Waals surface area contributed by atoms with Crippen LogP contribution >= 0.6 is 0 Å². The second kappa shape index (κ2) is 7.07. The first-order chi connectivity index (χ1) is 9.61. The van der Waals surface area contributed by atoms with Crippen molar-refractivity contribution in [3.63, 3.8) is 0 Å². The Kier molecular flexibility index (Phi) is 5.40. The molecule has 1 aliphatic heterocycles. The summed E-state index contributed by atoms with van der Waals surface area (Å²) in [4.78, 5) is 25.5. The molecule has 114 valence electrons. The van der Waals surface area contributed by atoms with Gasteiger partial charge in [-0.3, -0.25) is 9.59 Å². The van der Waals surface area contributed by atoms with Gasteiger partial charge in [0, 0.05) is 31.5 Å². The van der Waals surface area contributed by atoms with Crippen LogP contribution in [0.1, 0.15) is 39.0 Å². The van der Waals surface area contributed by atoms with Gasteiger partial charge in [-0.1, -0.05) is 6.42 Å². The van der Waals surface area contributed by atoms with E-state index in [9.17, 15) is 9.59 Å². The Morgan fingerprint density at radius 3 is 2.70 bits per heavy atom. The highest BCUT2D eigenvalue weighted by molar-refractivity contribution is 5.80. The lowest BCUT2D eigenvalue weighted by Crippen LogP contribution is -2.38. The molecule has 2 fully saturated rings. The maximum absolute atomic E-state index is 12.5. The van der Waals surface area contributed by atoms with Gasteiger partial charge < -0.3 is 14.7 Å². The minimum Gasteiger partial charge on any atom is -0.481 e. The minimum atomic E-state index is -0.752. The average molecular weight is 283 g/mol. The van der Waals surface area contributed by atoms with Gasteiger partial charge in [0.15, 0.2) is 0 Å². The molecule has 0 radical (unpaired) electrons. The van der Waals surface area contributed by atoms with Crippen molar-refractivity contribution < 1.29 is 19.4 Å². The van der Waals surface area contributed by atoms with Gasteiger partial charge >= 0.3 is 5.97 Å². The summed E-state index contributed by atoms with van der Waals surface area (Å²) in [6.45, 7) is 4.99. The van der Waals surface area contributed by atoms with E-state index >= 15 is 0 Å². The molecular formula is C15H25NO4. The van der Waals surface area contributed by atoms with Crippen LogP contribution in [0, 0.1) is 17.8 Å². The van der Waals surface area contributed by atoms with Crippen LogP contribution in [-0.4, -0.2) is 48.2 Å². The summed E-state index contributed by atoms with van der Waals surface area (Å²) in [5.41, 5.74) is 0. The summed E-state index contributed by atoms with van der Waals surface area (Å²) in [6, 6.07) is 0. The van der Waals surface area contributed by atoms with E-state index in [4.69, 9.17) is 9.84 Å². The van der Waals surface area contributed by atoms with Crippen molar-refractivity contribution in [1.82, 2.24) is 4.90 Å². The van der Waals surface area contributed by atoms with Crippen LogP contribution in [0.15, 0.2) is 0 Å². The van der Waals surface area contributed by atoms with E-state index in [0.29, 0.717) is 25.4 Å². The number of carboxylic acids is 1. The van der Waals surface area contributed by atoms with Gasteiger partial charge in [-0.05, 0) is 32.6 Å². The highest BCUT2D eigenvalue weighted by Crippen LogP contribution is 2.31. The summed E-state index contributed by atoms with van der Waals surface area (Å²) < 4.78 is 5.42. The fourth-order valence-corrected chi connectivity index (χ4v) is 3.35. The van der Waals surface area contributed by atoms with E-state index in [1.54, 1.807) is 0 Å². The molecule has 2 rings (SSSR count). The average Bonchev–Trinajstić information content (AvgIpc) is 2.93. The van der Waals surface area contributed by atoms with Crippen molar-refractivity contribution in [3.05, 3.63) is 0 Å². The maximum Gasteiger partial charge on any atom is 0.306 e. The molecule has 0 aromatic rings. The van der Waals surface area contributed by atoms with Crippen LogP contribution in [0.5, 0.6) is 0 Å². The molecule has 0 aromatic heterocycles. The van der Waals surface area contributed by atoms with E-state index < -0.39 is 5.97 Å². The number of ether oxygens (including phenoxy) is 1. The number of hydrogen-bond donors (Lipinski definition) is 1. The predicted octanol–water partition coefficient (Wildman–Crippen LogP) is 1.76. The molecule has 2 aliphatic rings. The minimum absolute atomic E-state index is 0.0873. The van der Waals surface area contributed by atoms with Crippen molar-refractivity contribution in [3.8, 4) is 0 Å². The summed E-state index contributed by atoms with van der Waals surface area (Å²) in [5.74, 6) is -0.568.